The molecule has 1 amide bonds. The van der Waals surface area contributed by atoms with Crippen molar-refractivity contribution in [1.82, 2.24) is 15.0 Å². The highest BCUT2D eigenvalue weighted by molar-refractivity contribution is 5.97. The lowest BCUT2D eigenvalue weighted by molar-refractivity contribution is 0.0270. The molecule has 0 saturated heterocycles. The van der Waals surface area contributed by atoms with E-state index in [-0.39, 0.29) is 6.09 Å². The molecule has 0 saturated carbocycles. The summed E-state index contributed by atoms with van der Waals surface area (Å²) in [5, 5.41) is 4.17. The third-order valence-electron chi connectivity index (χ3n) is 7.05. The van der Waals surface area contributed by atoms with Crippen LogP contribution in [-0.4, -0.2) is 52.9 Å². The second kappa shape index (κ2) is 12.4. The summed E-state index contributed by atoms with van der Waals surface area (Å²) in [6.45, 7) is 6.45. The molecule has 8 heteroatoms. The SMILES string of the molecule is COC(=O)c1ccc(-c2ccc(-c3noc(CCc4ccccc4)n3)cc2)cc1C1=CCN(C(=O)OC(C)(C)C)CC1. The van der Waals surface area contributed by atoms with Gasteiger partial charge in [-0.3, -0.25) is 0 Å². The normalized spacial score (nSPS) is 13.4. The number of carbonyl (C=O) groups excluding carboxylic acids is 2. The number of esters is 1. The van der Waals surface area contributed by atoms with Gasteiger partial charge in [-0.2, -0.15) is 4.98 Å². The molecule has 216 valence electrons. The van der Waals surface area contributed by atoms with Crippen molar-refractivity contribution >= 4 is 17.6 Å². The number of rotatable bonds is 7. The van der Waals surface area contributed by atoms with E-state index in [0.717, 1.165) is 34.2 Å². The molecule has 0 unspecified atom stereocenters. The van der Waals surface area contributed by atoms with Crippen LogP contribution in [-0.2, 0) is 22.3 Å². The van der Waals surface area contributed by atoms with Crippen molar-refractivity contribution in [2.75, 3.05) is 20.2 Å². The molecule has 1 aliphatic rings. The van der Waals surface area contributed by atoms with Gasteiger partial charge in [0.25, 0.3) is 0 Å². The average molecular weight is 566 g/mol. The summed E-state index contributed by atoms with van der Waals surface area (Å²) in [5.74, 6) is 0.753. The molecule has 0 radical (unpaired) electrons. The third kappa shape index (κ3) is 6.94. The van der Waals surface area contributed by atoms with Crippen molar-refractivity contribution in [2.45, 2.75) is 45.6 Å². The molecule has 3 aromatic carbocycles. The summed E-state index contributed by atoms with van der Waals surface area (Å²) < 4.78 is 16.1. The van der Waals surface area contributed by atoms with Crippen LogP contribution in [0.25, 0.3) is 28.1 Å². The first-order valence-electron chi connectivity index (χ1n) is 14.1. The number of amides is 1. The summed E-state index contributed by atoms with van der Waals surface area (Å²) in [6, 6.07) is 23.9. The molecule has 0 N–H and O–H groups in total. The Balaban J connectivity index is 1.33. The van der Waals surface area contributed by atoms with Crippen molar-refractivity contribution in [2.24, 2.45) is 0 Å². The third-order valence-corrected chi connectivity index (χ3v) is 7.05. The van der Waals surface area contributed by atoms with E-state index in [9.17, 15) is 9.59 Å². The summed E-state index contributed by atoms with van der Waals surface area (Å²) >= 11 is 0. The van der Waals surface area contributed by atoms with Gasteiger partial charge in [-0.05, 0) is 73.6 Å². The number of hydrogen-bond donors (Lipinski definition) is 0. The van der Waals surface area contributed by atoms with Gasteiger partial charge in [0, 0.05) is 25.1 Å². The maximum Gasteiger partial charge on any atom is 0.410 e. The Hall–Kier alpha value is -4.72. The molecule has 0 atom stereocenters. The molecular formula is C34H35N3O5. The van der Waals surface area contributed by atoms with Crippen LogP contribution in [0, 0.1) is 0 Å². The first kappa shape index (κ1) is 28.8. The van der Waals surface area contributed by atoms with Crippen molar-refractivity contribution < 1.29 is 23.6 Å². The highest BCUT2D eigenvalue weighted by Gasteiger charge is 2.25. The van der Waals surface area contributed by atoms with Crippen LogP contribution in [0.1, 0.15) is 54.6 Å². The zero-order valence-corrected chi connectivity index (χ0v) is 24.4. The fourth-order valence-corrected chi connectivity index (χ4v) is 4.86. The fourth-order valence-electron chi connectivity index (χ4n) is 4.86. The van der Waals surface area contributed by atoms with Gasteiger partial charge in [0.05, 0.1) is 12.7 Å². The molecule has 4 aromatic rings. The Bertz CT molecular complexity index is 1580. The molecule has 0 bridgehead atoms. The topological polar surface area (TPSA) is 94.8 Å². The van der Waals surface area contributed by atoms with E-state index < -0.39 is 11.6 Å². The van der Waals surface area contributed by atoms with E-state index in [1.807, 2.05) is 81.4 Å². The van der Waals surface area contributed by atoms with Crippen molar-refractivity contribution in [3.8, 4) is 22.5 Å². The second-order valence-electron chi connectivity index (χ2n) is 11.2. The van der Waals surface area contributed by atoms with Crippen LogP contribution in [0.5, 0.6) is 0 Å². The first-order valence-corrected chi connectivity index (χ1v) is 14.1. The molecule has 8 nitrogen and oxygen atoms in total. The predicted molar refractivity (Wildman–Crippen MR) is 161 cm³/mol. The zero-order chi connectivity index (χ0) is 29.7. The summed E-state index contributed by atoms with van der Waals surface area (Å²) in [7, 11) is 1.38. The average Bonchev–Trinajstić information content (AvgIpc) is 3.48. The van der Waals surface area contributed by atoms with E-state index in [0.29, 0.717) is 43.2 Å². The minimum absolute atomic E-state index is 0.343. The minimum atomic E-state index is -0.558. The van der Waals surface area contributed by atoms with Crippen LogP contribution in [0.2, 0.25) is 0 Å². The maximum absolute atomic E-state index is 12.6. The van der Waals surface area contributed by atoms with E-state index >= 15 is 0 Å². The van der Waals surface area contributed by atoms with Crippen LogP contribution in [0.15, 0.2) is 83.4 Å². The summed E-state index contributed by atoms with van der Waals surface area (Å²) in [4.78, 5) is 31.4. The van der Waals surface area contributed by atoms with E-state index in [1.54, 1.807) is 11.0 Å². The Morgan fingerprint density at radius 2 is 1.64 bits per heavy atom. The summed E-state index contributed by atoms with van der Waals surface area (Å²) in [5.41, 5.74) is 5.74. The molecular weight excluding hydrogens is 530 g/mol. The van der Waals surface area contributed by atoms with Crippen molar-refractivity contribution in [3.63, 3.8) is 0 Å². The largest absolute Gasteiger partial charge is 0.465 e. The quantitative estimate of drug-likeness (QED) is 0.223. The van der Waals surface area contributed by atoms with Gasteiger partial charge in [0.1, 0.15) is 5.60 Å². The van der Waals surface area contributed by atoms with E-state index in [4.69, 9.17) is 14.0 Å². The number of nitrogens with zero attached hydrogens (tertiary/aromatic N) is 3. The summed E-state index contributed by atoms with van der Waals surface area (Å²) in [6.07, 6.45) is 3.74. The predicted octanol–water partition coefficient (Wildman–Crippen LogP) is 7.00. The molecule has 42 heavy (non-hydrogen) atoms. The fraction of sp³-hybridized carbons (Fsp3) is 0.294. The standard InChI is InChI=1S/C34H35N3O5/c1-34(2,3)41-33(39)37-20-18-25(19-21-37)29-22-27(15-16-28(29)32(38)40-4)24-11-13-26(14-12-24)31-35-30(42-36-31)17-10-23-8-6-5-7-9-23/h5-9,11-16,18,22H,10,17,19-21H2,1-4H3. The van der Waals surface area contributed by atoms with Gasteiger partial charge in [0.2, 0.25) is 11.7 Å². The monoisotopic (exact) mass is 565 g/mol. The molecule has 0 aliphatic carbocycles. The number of carbonyl (C=O) groups is 2. The number of aryl methyl sites for hydroxylation is 2. The van der Waals surface area contributed by atoms with Crippen LogP contribution in [0.4, 0.5) is 4.79 Å². The number of aromatic nitrogens is 2. The smallest absolute Gasteiger partial charge is 0.410 e. The lowest BCUT2D eigenvalue weighted by Gasteiger charge is -2.30. The maximum atomic E-state index is 12.6. The highest BCUT2D eigenvalue weighted by Crippen LogP contribution is 2.32. The Labute approximate surface area is 246 Å². The molecule has 5 rings (SSSR count). The number of ether oxygens (including phenoxy) is 2. The second-order valence-corrected chi connectivity index (χ2v) is 11.2. The number of benzene rings is 3. The van der Waals surface area contributed by atoms with Gasteiger partial charge >= 0.3 is 12.1 Å². The first-order chi connectivity index (χ1) is 20.2. The van der Waals surface area contributed by atoms with Crippen molar-refractivity contribution in [3.05, 3.63) is 101 Å². The van der Waals surface area contributed by atoms with Crippen LogP contribution < -0.4 is 0 Å². The van der Waals surface area contributed by atoms with Crippen LogP contribution in [0.3, 0.4) is 0 Å². The Morgan fingerprint density at radius 1 is 0.929 bits per heavy atom. The van der Waals surface area contributed by atoms with Gasteiger partial charge in [0.15, 0.2) is 0 Å². The van der Waals surface area contributed by atoms with Crippen molar-refractivity contribution in [1.29, 1.82) is 0 Å². The minimum Gasteiger partial charge on any atom is -0.465 e. The Kier molecular flexibility index (Phi) is 8.52. The van der Waals surface area contributed by atoms with E-state index in [1.165, 1.54) is 12.7 Å². The van der Waals surface area contributed by atoms with E-state index in [2.05, 4.69) is 22.3 Å². The lowest BCUT2D eigenvalue weighted by atomic mass is 9.91. The highest BCUT2D eigenvalue weighted by atomic mass is 16.6. The lowest BCUT2D eigenvalue weighted by Crippen LogP contribution is -2.39. The molecule has 1 aliphatic heterocycles. The van der Waals surface area contributed by atoms with Gasteiger partial charge < -0.3 is 18.9 Å². The van der Waals surface area contributed by atoms with Gasteiger partial charge in [-0.15, -0.1) is 0 Å². The molecule has 0 fully saturated rings. The molecule has 0 spiro atoms. The molecule has 2 heterocycles. The molecule has 1 aromatic heterocycles. The number of hydrogen-bond acceptors (Lipinski definition) is 7. The van der Waals surface area contributed by atoms with Crippen LogP contribution >= 0.6 is 0 Å². The zero-order valence-electron chi connectivity index (χ0n) is 24.4. The number of methoxy groups -OCH3 is 1. The Morgan fingerprint density at radius 3 is 2.31 bits per heavy atom. The van der Waals surface area contributed by atoms with Gasteiger partial charge in [-0.25, -0.2) is 9.59 Å². The van der Waals surface area contributed by atoms with Gasteiger partial charge in [-0.1, -0.05) is 71.9 Å².